The Kier molecular flexibility index (Phi) is 9.98. The van der Waals surface area contributed by atoms with E-state index < -0.39 is 0 Å². The zero-order chi connectivity index (χ0) is 14.5. The van der Waals surface area contributed by atoms with Crippen LogP contribution in [-0.4, -0.2) is 26.9 Å². The van der Waals surface area contributed by atoms with Gasteiger partial charge in [-0.3, -0.25) is 0 Å². The minimum Gasteiger partial charge on any atom is -0.494 e. The average Bonchev–Trinajstić information content (AvgIpc) is 2.49. The maximum Gasteiger partial charge on any atom is 0.119 e. The van der Waals surface area contributed by atoms with E-state index in [4.69, 9.17) is 9.47 Å². The molecule has 0 aliphatic rings. The molecular formula is C17H29NO2. The van der Waals surface area contributed by atoms with Crippen molar-refractivity contribution in [2.75, 3.05) is 26.9 Å². The van der Waals surface area contributed by atoms with Crippen molar-refractivity contribution in [3.63, 3.8) is 0 Å². The minimum atomic E-state index is 0.749. The second-order valence-electron chi connectivity index (χ2n) is 5.08. The van der Waals surface area contributed by atoms with Crippen LogP contribution in [0.4, 0.5) is 0 Å². The lowest BCUT2D eigenvalue weighted by Gasteiger charge is -2.08. The molecule has 1 N–H and O–H groups in total. The summed E-state index contributed by atoms with van der Waals surface area (Å²) in [5, 5.41) is 3.33. The monoisotopic (exact) mass is 279 g/mol. The minimum absolute atomic E-state index is 0.749. The van der Waals surface area contributed by atoms with E-state index in [1.54, 1.807) is 7.11 Å². The molecular weight excluding hydrogens is 250 g/mol. The van der Waals surface area contributed by atoms with Gasteiger partial charge in [-0.15, -0.1) is 0 Å². The summed E-state index contributed by atoms with van der Waals surface area (Å²) < 4.78 is 10.7. The van der Waals surface area contributed by atoms with Gasteiger partial charge in [0, 0.05) is 20.2 Å². The molecule has 20 heavy (non-hydrogen) atoms. The van der Waals surface area contributed by atoms with Gasteiger partial charge in [0.05, 0.1) is 13.2 Å². The highest BCUT2D eigenvalue weighted by Crippen LogP contribution is 2.13. The highest BCUT2D eigenvalue weighted by Gasteiger charge is 1.96. The third kappa shape index (κ3) is 8.18. The van der Waals surface area contributed by atoms with Crippen LogP contribution in [0.3, 0.4) is 0 Å². The highest BCUT2D eigenvalue weighted by molar-refractivity contribution is 5.27. The van der Waals surface area contributed by atoms with Crippen molar-refractivity contribution in [3.8, 4) is 5.75 Å². The lowest BCUT2D eigenvalue weighted by atomic mass is 10.2. The van der Waals surface area contributed by atoms with Crippen molar-refractivity contribution in [1.29, 1.82) is 0 Å². The zero-order valence-electron chi connectivity index (χ0n) is 13.0. The van der Waals surface area contributed by atoms with Crippen LogP contribution in [0.1, 0.15) is 44.6 Å². The molecule has 0 saturated carbocycles. The Bertz CT molecular complexity index is 324. The van der Waals surface area contributed by atoms with Gasteiger partial charge < -0.3 is 14.8 Å². The van der Waals surface area contributed by atoms with Crippen molar-refractivity contribution in [3.05, 3.63) is 29.8 Å². The molecule has 0 bridgehead atoms. The van der Waals surface area contributed by atoms with Gasteiger partial charge in [0.1, 0.15) is 5.75 Å². The second kappa shape index (κ2) is 11.7. The average molecular weight is 279 g/mol. The Balaban J connectivity index is 2.12. The molecule has 0 spiro atoms. The molecule has 0 heterocycles. The van der Waals surface area contributed by atoms with Crippen molar-refractivity contribution in [1.82, 2.24) is 5.32 Å². The van der Waals surface area contributed by atoms with Gasteiger partial charge in [-0.25, -0.2) is 0 Å². The summed E-state index contributed by atoms with van der Waals surface area (Å²) in [6.07, 6.45) is 6.38. The SMILES string of the molecule is CCCCCCCOc1ccc(CNCCOC)cc1. The van der Waals surface area contributed by atoms with Crippen LogP contribution in [0.5, 0.6) is 5.75 Å². The third-order valence-electron chi connectivity index (χ3n) is 3.25. The molecule has 0 aliphatic carbocycles. The van der Waals surface area contributed by atoms with E-state index in [9.17, 15) is 0 Å². The van der Waals surface area contributed by atoms with Crippen molar-refractivity contribution >= 4 is 0 Å². The number of methoxy groups -OCH3 is 1. The van der Waals surface area contributed by atoms with Crippen LogP contribution >= 0.6 is 0 Å². The van der Waals surface area contributed by atoms with Gasteiger partial charge in [0.25, 0.3) is 0 Å². The van der Waals surface area contributed by atoms with Crippen LogP contribution in [0.2, 0.25) is 0 Å². The maximum absolute atomic E-state index is 5.74. The van der Waals surface area contributed by atoms with E-state index in [2.05, 4.69) is 36.5 Å². The molecule has 0 atom stereocenters. The molecule has 1 aromatic rings. The normalized spacial score (nSPS) is 10.7. The predicted octanol–water partition coefficient (Wildman–Crippen LogP) is 3.77. The Morgan fingerprint density at radius 2 is 1.70 bits per heavy atom. The van der Waals surface area contributed by atoms with E-state index in [1.165, 1.54) is 31.2 Å². The number of unbranched alkanes of at least 4 members (excludes halogenated alkanes) is 4. The van der Waals surface area contributed by atoms with Crippen LogP contribution in [0.15, 0.2) is 24.3 Å². The molecule has 3 heteroatoms. The number of rotatable bonds is 12. The Labute approximate surface area is 123 Å². The molecule has 0 aliphatic heterocycles. The van der Waals surface area contributed by atoms with E-state index in [0.29, 0.717) is 0 Å². The van der Waals surface area contributed by atoms with Crippen LogP contribution in [0.25, 0.3) is 0 Å². The standard InChI is InChI=1S/C17H29NO2/c1-3-4-5-6-7-13-20-17-10-8-16(9-11-17)15-18-12-14-19-2/h8-11,18H,3-7,12-15H2,1-2H3. The van der Waals surface area contributed by atoms with E-state index in [-0.39, 0.29) is 0 Å². The highest BCUT2D eigenvalue weighted by atomic mass is 16.5. The maximum atomic E-state index is 5.74. The molecule has 0 radical (unpaired) electrons. The molecule has 1 aromatic carbocycles. The van der Waals surface area contributed by atoms with Crippen molar-refractivity contribution in [2.24, 2.45) is 0 Å². The first-order valence-electron chi connectivity index (χ1n) is 7.78. The van der Waals surface area contributed by atoms with Gasteiger partial charge in [0.15, 0.2) is 0 Å². The first-order valence-corrected chi connectivity index (χ1v) is 7.78. The van der Waals surface area contributed by atoms with E-state index >= 15 is 0 Å². The number of hydrogen-bond acceptors (Lipinski definition) is 3. The fraction of sp³-hybridized carbons (Fsp3) is 0.647. The van der Waals surface area contributed by atoms with Gasteiger partial charge in [0.2, 0.25) is 0 Å². The number of nitrogens with one attached hydrogen (secondary N) is 1. The summed E-state index contributed by atoms with van der Waals surface area (Å²) in [5.41, 5.74) is 1.27. The first kappa shape index (κ1) is 17.0. The number of hydrogen-bond donors (Lipinski definition) is 1. The summed E-state index contributed by atoms with van der Waals surface area (Å²) in [6.45, 7) is 5.57. The lowest BCUT2D eigenvalue weighted by Crippen LogP contribution is -2.18. The molecule has 114 valence electrons. The fourth-order valence-electron chi connectivity index (χ4n) is 2.01. The molecule has 0 unspecified atom stereocenters. The number of ether oxygens (including phenoxy) is 2. The topological polar surface area (TPSA) is 30.5 Å². The molecule has 0 aromatic heterocycles. The molecule has 1 rings (SSSR count). The van der Waals surface area contributed by atoms with Crippen LogP contribution < -0.4 is 10.1 Å². The van der Waals surface area contributed by atoms with Gasteiger partial charge in [-0.05, 0) is 24.1 Å². The van der Waals surface area contributed by atoms with Gasteiger partial charge in [-0.2, -0.15) is 0 Å². The summed E-state index contributed by atoms with van der Waals surface area (Å²) in [6, 6.07) is 8.34. The summed E-state index contributed by atoms with van der Waals surface area (Å²) >= 11 is 0. The van der Waals surface area contributed by atoms with Crippen molar-refractivity contribution in [2.45, 2.75) is 45.6 Å². The Morgan fingerprint density at radius 3 is 2.40 bits per heavy atom. The smallest absolute Gasteiger partial charge is 0.119 e. The second-order valence-corrected chi connectivity index (χ2v) is 5.08. The summed E-state index contributed by atoms with van der Waals surface area (Å²) in [4.78, 5) is 0. The predicted molar refractivity (Wildman–Crippen MR) is 84.3 cm³/mol. The van der Waals surface area contributed by atoms with E-state index in [1.807, 2.05) is 0 Å². The van der Waals surface area contributed by atoms with E-state index in [0.717, 1.165) is 38.5 Å². The molecule has 0 fully saturated rings. The third-order valence-corrected chi connectivity index (χ3v) is 3.25. The van der Waals surface area contributed by atoms with Crippen molar-refractivity contribution < 1.29 is 9.47 Å². The zero-order valence-corrected chi connectivity index (χ0v) is 13.0. The van der Waals surface area contributed by atoms with Gasteiger partial charge >= 0.3 is 0 Å². The summed E-state index contributed by atoms with van der Waals surface area (Å²) in [5.74, 6) is 0.973. The largest absolute Gasteiger partial charge is 0.494 e. The molecule has 0 amide bonds. The lowest BCUT2D eigenvalue weighted by molar-refractivity contribution is 0.199. The number of benzene rings is 1. The van der Waals surface area contributed by atoms with Crippen LogP contribution in [0, 0.1) is 0 Å². The summed E-state index contributed by atoms with van der Waals surface area (Å²) in [7, 11) is 1.72. The first-order chi connectivity index (χ1) is 9.86. The molecule has 0 saturated heterocycles. The molecule has 3 nitrogen and oxygen atoms in total. The fourth-order valence-corrected chi connectivity index (χ4v) is 2.01. The van der Waals surface area contributed by atoms with Gasteiger partial charge in [-0.1, -0.05) is 44.7 Å². The Hall–Kier alpha value is -1.06. The van der Waals surface area contributed by atoms with Crippen LogP contribution in [-0.2, 0) is 11.3 Å². The Morgan fingerprint density at radius 1 is 0.950 bits per heavy atom. The quantitative estimate of drug-likeness (QED) is 0.591.